The van der Waals surface area contributed by atoms with E-state index < -0.39 is 17.9 Å². The lowest BCUT2D eigenvalue weighted by Gasteiger charge is -2.26. The van der Waals surface area contributed by atoms with Gasteiger partial charge in [-0.1, -0.05) is 19.8 Å². The van der Waals surface area contributed by atoms with Crippen LogP contribution < -0.4 is 0 Å². The largest absolute Gasteiger partial charge is 0.481 e. The number of ether oxygens (including phenoxy) is 1. The fraction of sp³-hybridized carbons (Fsp3) is 0.789. The second kappa shape index (κ2) is 16.7. The zero-order chi connectivity index (χ0) is 22.1. The summed E-state index contributed by atoms with van der Waals surface area (Å²) in [5, 5.41) is 26.6. The Bertz CT molecular complexity index is 494. The summed E-state index contributed by atoms with van der Waals surface area (Å²) in [6, 6.07) is 0. The van der Waals surface area contributed by atoms with Crippen molar-refractivity contribution in [2.24, 2.45) is 0 Å². The Morgan fingerprint density at radius 2 is 1.10 bits per heavy atom. The molecule has 10 heteroatoms. The van der Waals surface area contributed by atoms with E-state index in [0.29, 0.717) is 26.1 Å². The first-order valence-electron chi connectivity index (χ1n) is 10.00. The third kappa shape index (κ3) is 17.6. The smallest absolute Gasteiger partial charge is 0.305 e. The molecule has 0 heterocycles. The summed E-state index contributed by atoms with van der Waals surface area (Å²) in [5.41, 5.74) is 0. The minimum Gasteiger partial charge on any atom is -0.481 e. The summed E-state index contributed by atoms with van der Waals surface area (Å²) < 4.78 is 5.19. The van der Waals surface area contributed by atoms with Crippen molar-refractivity contribution in [2.45, 2.75) is 51.9 Å². The molecule has 0 atom stereocenters. The third-order valence-corrected chi connectivity index (χ3v) is 4.31. The van der Waals surface area contributed by atoms with Crippen LogP contribution in [0.15, 0.2) is 0 Å². The number of hydrogen-bond acceptors (Lipinski definition) is 7. The minimum atomic E-state index is -0.969. The number of carbonyl (C=O) groups is 4. The first kappa shape index (κ1) is 26.8. The van der Waals surface area contributed by atoms with Crippen LogP contribution in [0.1, 0.15) is 51.9 Å². The van der Waals surface area contributed by atoms with Gasteiger partial charge in [-0.05, 0) is 6.42 Å². The van der Waals surface area contributed by atoms with Gasteiger partial charge in [0, 0.05) is 45.7 Å². The van der Waals surface area contributed by atoms with Crippen LogP contribution in [0.5, 0.6) is 0 Å². The second-order valence-corrected chi connectivity index (χ2v) is 6.79. The Labute approximate surface area is 171 Å². The Balaban J connectivity index is 4.53. The van der Waals surface area contributed by atoms with Gasteiger partial charge in [-0.15, -0.1) is 0 Å². The minimum absolute atomic E-state index is 0.0747. The summed E-state index contributed by atoms with van der Waals surface area (Å²) in [6.07, 6.45) is 2.82. The fourth-order valence-electron chi connectivity index (χ4n) is 2.60. The lowest BCUT2D eigenvalue weighted by atomic mass is 10.2. The van der Waals surface area contributed by atoms with E-state index in [4.69, 9.17) is 20.1 Å². The maximum Gasteiger partial charge on any atom is 0.305 e. The molecule has 0 bridgehead atoms. The number of carbonyl (C=O) groups excluding carboxylic acids is 1. The fourth-order valence-corrected chi connectivity index (χ4v) is 2.60. The molecule has 0 rings (SSSR count). The lowest BCUT2D eigenvalue weighted by Crippen LogP contribution is -2.39. The maximum atomic E-state index is 11.7. The van der Waals surface area contributed by atoms with Crippen molar-refractivity contribution in [3.63, 3.8) is 0 Å². The molecule has 0 radical (unpaired) electrons. The number of rotatable bonds is 19. The highest BCUT2D eigenvalue weighted by Gasteiger charge is 2.14. The van der Waals surface area contributed by atoms with Crippen LogP contribution in [0.4, 0.5) is 0 Å². The summed E-state index contributed by atoms with van der Waals surface area (Å²) >= 11 is 0. The van der Waals surface area contributed by atoms with E-state index in [-0.39, 0.29) is 51.5 Å². The van der Waals surface area contributed by atoms with Crippen molar-refractivity contribution in [1.82, 2.24) is 9.80 Å². The molecule has 0 aromatic rings. The van der Waals surface area contributed by atoms with Crippen LogP contribution >= 0.6 is 0 Å². The molecule has 29 heavy (non-hydrogen) atoms. The average Bonchev–Trinajstić information content (AvgIpc) is 2.64. The third-order valence-electron chi connectivity index (χ3n) is 4.31. The number of carboxylic acids is 3. The van der Waals surface area contributed by atoms with Gasteiger partial charge in [0.1, 0.15) is 6.61 Å². The van der Waals surface area contributed by atoms with Crippen LogP contribution in [0, 0.1) is 0 Å². The maximum absolute atomic E-state index is 11.7. The molecular weight excluding hydrogens is 384 g/mol. The van der Waals surface area contributed by atoms with Gasteiger partial charge in [0.15, 0.2) is 0 Å². The predicted octanol–water partition coefficient (Wildman–Crippen LogP) is 1.14. The molecule has 0 aromatic heterocycles. The predicted molar refractivity (Wildman–Crippen MR) is 105 cm³/mol. The molecule has 0 unspecified atom stereocenters. The monoisotopic (exact) mass is 418 g/mol. The van der Waals surface area contributed by atoms with E-state index in [1.54, 1.807) is 4.90 Å². The summed E-state index contributed by atoms with van der Waals surface area (Å²) in [7, 11) is 0. The zero-order valence-electron chi connectivity index (χ0n) is 17.2. The SMILES string of the molecule is CCCCCC(=O)OCCN(CCC(=O)O)CCN(CCC(=O)O)CCC(=O)O. The van der Waals surface area contributed by atoms with Crippen molar-refractivity contribution in [2.75, 3.05) is 45.9 Å². The van der Waals surface area contributed by atoms with E-state index >= 15 is 0 Å². The van der Waals surface area contributed by atoms with Crippen LogP contribution in [0.2, 0.25) is 0 Å². The molecule has 0 saturated carbocycles. The van der Waals surface area contributed by atoms with Gasteiger partial charge in [0.05, 0.1) is 19.3 Å². The molecular formula is C19H34N2O8. The van der Waals surface area contributed by atoms with Gasteiger partial charge in [0.2, 0.25) is 0 Å². The lowest BCUT2D eigenvalue weighted by molar-refractivity contribution is -0.144. The highest BCUT2D eigenvalue weighted by Crippen LogP contribution is 2.02. The molecule has 0 aromatic carbocycles. The Hall–Kier alpha value is -2.20. The molecule has 0 saturated heterocycles. The van der Waals surface area contributed by atoms with Crippen LogP contribution in [0.3, 0.4) is 0 Å². The molecule has 0 fully saturated rings. The number of aliphatic carboxylic acids is 3. The van der Waals surface area contributed by atoms with E-state index in [1.165, 1.54) is 0 Å². The second-order valence-electron chi connectivity index (χ2n) is 6.79. The van der Waals surface area contributed by atoms with Crippen molar-refractivity contribution < 1.29 is 39.2 Å². The molecule has 0 aliphatic heterocycles. The van der Waals surface area contributed by atoms with Crippen molar-refractivity contribution >= 4 is 23.9 Å². The highest BCUT2D eigenvalue weighted by atomic mass is 16.5. The molecule has 0 amide bonds. The Morgan fingerprint density at radius 3 is 1.52 bits per heavy atom. The first-order chi connectivity index (χ1) is 13.7. The van der Waals surface area contributed by atoms with E-state index in [1.807, 2.05) is 11.8 Å². The van der Waals surface area contributed by atoms with Crippen molar-refractivity contribution in [3.8, 4) is 0 Å². The highest BCUT2D eigenvalue weighted by molar-refractivity contribution is 5.69. The Morgan fingerprint density at radius 1 is 0.655 bits per heavy atom. The Kier molecular flexibility index (Phi) is 15.5. The molecule has 10 nitrogen and oxygen atoms in total. The molecule has 0 spiro atoms. The van der Waals surface area contributed by atoms with Crippen molar-refractivity contribution in [3.05, 3.63) is 0 Å². The molecule has 3 N–H and O–H groups in total. The van der Waals surface area contributed by atoms with E-state index in [0.717, 1.165) is 19.3 Å². The van der Waals surface area contributed by atoms with Crippen LogP contribution in [-0.4, -0.2) is 94.9 Å². The van der Waals surface area contributed by atoms with E-state index in [2.05, 4.69) is 0 Å². The number of carboxylic acid groups (broad SMARTS) is 3. The number of unbranched alkanes of at least 4 members (excludes halogenated alkanes) is 2. The van der Waals surface area contributed by atoms with Gasteiger partial charge in [0.25, 0.3) is 0 Å². The normalized spacial score (nSPS) is 11.0. The molecule has 168 valence electrons. The summed E-state index contributed by atoms with van der Waals surface area (Å²) in [4.78, 5) is 47.7. The average molecular weight is 418 g/mol. The van der Waals surface area contributed by atoms with Gasteiger partial charge in [-0.25, -0.2) is 0 Å². The standard InChI is InChI=1S/C19H34N2O8/c1-2-3-4-5-19(28)29-15-14-21(11-8-18(26)27)13-12-20(9-6-16(22)23)10-7-17(24)25/h2-15H2,1H3,(H,22,23)(H,24,25)(H,26,27). The van der Waals surface area contributed by atoms with Gasteiger partial charge >= 0.3 is 23.9 Å². The first-order valence-corrected chi connectivity index (χ1v) is 10.00. The van der Waals surface area contributed by atoms with E-state index in [9.17, 15) is 19.2 Å². The van der Waals surface area contributed by atoms with Gasteiger partial charge in [-0.3, -0.25) is 24.1 Å². The number of esters is 1. The van der Waals surface area contributed by atoms with Crippen LogP contribution in [-0.2, 0) is 23.9 Å². The van der Waals surface area contributed by atoms with Crippen molar-refractivity contribution in [1.29, 1.82) is 0 Å². The molecule has 0 aliphatic carbocycles. The topological polar surface area (TPSA) is 145 Å². The van der Waals surface area contributed by atoms with Gasteiger partial charge in [-0.2, -0.15) is 0 Å². The number of nitrogens with zero attached hydrogens (tertiary/aromatic N) is 2. The molecule has 0 aliphatic rings. The van der Waals surface area contributed by atoms with Crippen LogP contribution in [0.25, 0.3) is 0 Å². The van der Waals surface area contributed by atoms with Gasteiger partial charge < -0.3 is 25.0 Å². The number of hydrogen-bond donors (Lipinski definition) is 3. The summed E-state index contributed by atoms with van der Waals surface area (Å²) in [6.45, 7) is 4.04. The summed E-state index contributed by atoms with van der Waals surface area (Å²) in [5.74, 6) is -3.16. The zero-order valence-corrected chi connectivity index (χ0v) is 17.2. The quantitative estimate of drug-likeness (QED) is 0.206.